The Kier molecular flexibility index (Phi) is 7.99. The van der Waals surface area contributed by atoms with Gasteiger partial charge in [0.25, 0.3) is 0 Å². The minimum atomic E-state index is -3.81. The highest BCUT2D eigenvalue weighted by Gasteiger charge is 2.26. The average Bonchev–Trinajstić information content (AvgIpc) is 2.52. The first-order valence-corrected chi connectivity index (χ1v) is 9.73. The number of hydrogen-bond acceptors (Lipinski definition) is 4. The molecule has 0 fully saturated rings. The van der Waals surface area contributed by atoms with E-state index in [1.807, 2.05) is 20.8 Å². The maximum atomic E-state index is 12.7. The normalized spacial score (nSPS) is 11.8. The second-order valence-electron chi connectivity index (χ2n) is 5.65. The fraction of sp³-hybridized carbons (Fsp3) is 0.562. The molecule has 0 aliphatic rings. The van der Waals surface area contributed by atoms with Gasteiger partial charge < -0.3 is 10.1 Å². The molecule has 1 N–H and O–H groups in total. The number of nitrogens with zero attached hydrogens (tertiary/aromatic N) is 1. The van der Waals surface area contributed by atoms with Crippen molar-refractivity contribution in [3.05, 3.63) is 23.2 Å². The lowest BCUT2D eigenvalue weighted by Crippen LogP contribution is -2.41. The zero-order valence-electron chi connectivity index (χ0n) is 14.5. The molecule has 0 unspecified atom stereocenters. The topological polar surface area (TPSA) is 75.7 Å². The molecule has 0 spiro atoms. The van der Waals surface area contributed by atoms with Gasteiger partial charge in [-0.25, -0.2) is 8.42 Å². The van der Waals surface area contributed by atoms with E-state index in [2.05, 4.69) is 5.32 Å². The number of rotatable bonds is 9. The van der Waals surface area contributed by atoms with Crippen molar-refractivity contribution in [1.29, 1.82) is 0 Å². The lowest BCUT2D eigenvalue weighted by atomic mass is 10.2. The van der Waals surface area contributed by atoms with Gasteiger partial charge in [-0.15, -0.1) is 0 Å². The van der Waals surface area contributed by atoms with Gasteiger partial charge in [0, 0.05) is 13.1 Å². The van der Waals surface area contributed by atoms with Crippen LogP contribution in [0.5, 0.6) is 5.75 Å². The van der Waals surface area contributed by atoms with Crippen LogP contribution >= 0.6 is 11.6 Å². The molecule has 0 heterocycles. The molecule has 136 valence electrons. The third-order valence-corrected chi connectivity index (χ3v) is 5.43. The van der Waals surface area contributed by atoms with Crippen LogP contribution in [0.1, 0.15) is 27.7 Å². The van der Waals surface area contributed by atoms with E-state index >= 15 is 0 Å². The predicted molar refractivity (Wildman–Crippen MR) is 94.9 cm³/mol. The summed E-state index contributed by atoms with van der Waals surface area (Å²) in [6.45, 7) is 8.33. The summed E-state index contributed by atoms with van der Waals surface area (Å²) >= 11 is 6.07. The summed E-state index contributed by atoms with van der Waals surface area (Å²) < 4.78 is 31.8. The van der Waals surface area contributed by atoms with Gasteiger partial charge in [0.2, 0.25) is 15.9 Å². The van der Waals surface area contributed by atoms with Crippen LogP contribution in [-0.2, 0) is 14.8 Å². The summed E-state index contributed by atoms with van der Waals surface area (Å²) in [5, 5.41) is 2.94. The molecule has 0 aliphatic heterocycles. The second kappa shape index (κ2) is 9.25. The summed E-state index contributed by atoms with van der Waals surface area (Å²) in [6, 6.07) is 4.29. The molecule has 0 radical (unpaired) electrons. The first-order chi connectivity index (χ1) is 11.2. The Balaban J connectivity index is 2.94. The largest absolute Gasteiger partial charge is 0.492 e. The minimum Gasteiger partial charge on any atom is -0.492 e. The number of nitrogens with one attached hydrogen (secondary N) is 1. The Bertz CT molecular complexity index is 662. The Morgan fingerprint density at radius 3 is 2.50 bits per heavy atom. The molecule has 1 rings (SSSR count). The lowest BCUT2D eigenvalue weighted by Gasteiger charge is -2.21. The van der Waals surface area contributed by atoms with Crippen molar-refractivity contribution >= 4 is 27.5 Å². The first-order valence-electron chi connectivity index (χ1n) is 7.91. The summed E-state index contributed by atoms with van der Waals surface area (Å²) in [5.41, 5.74) is 0. The molecule has 0 bridgehead atoms. The molecule has 0 saturated heterocycles. The van der Waals surface area contributed by atoms with Crippen LogP contribution in [0.4, 0.5) is 0 Å². The van der Waals surface area contributed by atoms with Gasteiger partial charge in [0.15, 0.2) is 0 Å². The Hall–Kier alpha value is -1.31. The Morgan fingerprint density at radius 1 is 1.33 bits per heavy atom. The molecule has 0 aromatic heterocycles. The maximum absolute atomic E-state index is 12.7. The van der Waals surface area contributed by atoms with Crippen LogP contribution in [0, 0.1) is 5.92 Å². The summed E-state index contributed by atoms with van der Waals surface area (Å²) in [7, 11) is -3.81. The van der Waals surface area contributed by atoms with Gasteiger partial charge in [0.05, 0.1) is 23.1 Å². The van der Waals surface area contributed by atoms with E-state index in [0.29, 0.717) is 24.8 Å². The number of amides is 1. The van der Waals surface area contributed by atoms with E-state index in [0.717, 1.165) is 4.31 Å². The van der Waals surface area contributed by atoms with Crippen LogP contribution in [0.15, 0.2) is 23.1 Å². The number of likely N-dealkylation sites (N-methyl/N-ethyl adjacent to an activating group) is 1. The third kappa shape index (κ3) is 5.65. The average molecular weight is 377 g/mol. The van der Waals surface area contributed by atoms with Crippen molar-refractivity contribution in [1.82, 2.24) is 9.62 Å². The van der Waals surface area contributed by atoms with Gasteiger partial charge in [0.1, 0.15) is 5.75 Å². The number of ether oxygens (including phenoxy) is 1. The quantitative estimate of drug-likeness (QED) is 0.718. The van der Waals surface area contributed by atoms with Crippen LogP contribution in [0.2, 0.25) is 5.02 Å². The lowest BCUT2D eigenvalue weighted by molar-refractivity contribution is -0.121. The van der Waals surface area contributed by atoms with Crippen molar-refractivity contribution in [2.75, 3.05) is 26.2 Å². The number of carbonyl (C=O) groups is 1. The highest BCUT2D eigenvalue weighted by molar-refractivity contribution is 7.89. The van der Waals surface area contributed by atoms with Crippen molar-refractivity contribution in [3.8, 4) is 5.75 Å². The maximum Gasteiger partial charge on any atom is 0.243 e. The van der Waals surface area contributed by atoms with Crippen LogP contribution in [0.3, 0.4) is 0 Å². The Morgan fingerprint density at radius 2 is 2.00 bits per heavy atom. The molecule has 1 aromatic rings. The van der Waals surface area contributed by atoms with Crippen molar-refractivity contribution in [3.63, 3.8) is 0 Å². The van der Waals surface area contributed by atoms with E-state index < -0.39 is 10.0 Å². The second-order valence-corrected chi connectivity index (χ2v) is 8.00. The number of benzene rings is 1. The fourth-order valence-corrected chi connectivity index (χ4v) is 3.70. The van der Waals surface area contributed by atoms with Gasteiger partial charge in [-0.3, -0.25) is 4.79 Å². The van der Waals surface area contributed by atoms with Crippen LogP contribution in [-0.4, -0.2) is 44.9 Å². The number of sulfonamides is 1. The summed E-state index contributed by atoms with van der Waals surface area (Å²) in [6.07, 6.45) is 0. The Labute approximate surface area is 149 Å². The first kappa shape index (κ1) is 20.7. The van der Waals surface area contributed by atoms with Crippen molar-refractivity contribution in [2.45, 2.75) is 32.6 Å². The van der Waals surface area contributed by atoms with Crippen molar-refractivity contribution in [2.24, 2.45) is 5.92 Å². The zero-order valence-corrected chi connectivity index (χ0v) is 16.1. The molecule has 24 heavy (non-hydrogen) atoms. The number of carbonyl (C=O) groups excluding carboxylic acids is 1. The molecular weight excluding hydrogens is 352 g/mol. The van der Waals surface area contributed by atoms with E-state index in [1.54, 1.807) is 6.92 Å². The standard InChI is InChI=1S/C16H25ClN2O4S/c1-5-19(11-16(20)18-10-12(3)4)24(21,22)13-7-8-15(23-6-2)14(17)9-13/h7-9,12H,5-6,10-11H2,1-4H3,(H,18,20). The predicted octanol–water partition coefficient (Wildman–Crippen LogP) is 2.52. The van der Waals surface area contributed by atoms with E-state index in [1.165, 1.54) is 18.2 Å². The molecule has 1 aromatic carbocycles. The van der Waals surface area contributed by atoms with Gasteiger partial charge >= 0.3 is 0 Å². The molecule has 6 nitrogen and oxygen atoms in total. The number of hydrogen-bond donors (Lipinski definition) is 1. The SMILES string of the molecule is CCOc1ccc(S(=O)(=O)N(CC)CC(=O)NCC(C)C)cc1Cl. The monoisotopic (exact) mass is 376 g/mol. The van der Waals surface area contributed by atoms with E-state index in [9.17, 15) is 13.2 Å². The highest BCUT2D eigenvalue weighted by Crippen LogP contribution is 2.28. The van der Waals surface area contributed by atoms with Crippen LogP contribution in [0.25, 0.3) is 0 Å². The van der Waals surface area contributed by atoms with Gasteiger partial charge in [-0.2, -0.15) is 4.31 Å². The summed E-state index contributed by atoms with van der Waals surface area (Å²) in [5.74, 6) is 0.396. The molecular formula is C16H25ClN2O4S. The molecule has 8 heteroatoms. The van der Waals surface area contributed by atoms with Crippen molar-refractivity contribution < 1.29 is 17.9 Å². The highest BCUT2D eigenvalue weighted by atomic mass is 35.5. The van der Waals surface area contributed by atoms with E-state index in [4.69, 9.17) is 16.3 Å². The molecule has 1 amide bonds. The zero-order chi connectivity index (χ0) is 18.3. The molecule has 0 atom stereocenters. The van der Waals surface area contributed by atoms with Gasteiger partial charge in [-0.05, 0) is 31.0 Å². The molecule has 0 aliphatic carbocycles. The molecule has 0 saturated carbocycles. The minimum absolute atomic E-state index is 0.0365. The fourth-order valence-electron chi connectivity index (χ4n) is 1.96. The van der Waals surface area contributed by atoms with Crippen LogP contribution < -0.4 is 10.1 Å². The number of halogens is 1. The third-order valence-electron chi connectivity index (χ3n) is 3.22. The van der Waals surface area contributed by atoms with Gasteiger partial charge in [-0.1, -0.05) is 32.4 Å². The smallest absolute Gasteiger partial charge is 0.243 e. The van der Waals surface area contributed by atoms with E-state index in [-0.39, 0.29) is 28.9 Å². The summed E-state index contributed by atoms with van der Waals surface area (Å²) in [4.78, 5) is 12.0.